The molecule has 3 aromatic rings. The van der Waals surface area contributed by atoms with Gasteiger partial charge in [0.25, 0.3) is 0 Å². The Morgan fingerprint density at radius 3 is 2.10 bits per heavy atom. The van der Waals surface area contributed by atoms with Crippen LogP contribution in [0.15, 0.2) is 78.9 Å². The predicted octanol–water partition coefficient (Wildman–Crippen LogP) is 7.07. The molecule has 0 saturated heterocycles. The van der Waals surface area contributed by atoms with Gasteiger partial charge in [0.05, 0.1) is 0 Å². The molecule has 3 aromatic carbocycles. The molecule has 0 amide bonds. The summed E-state index contributed by atoms with van der Waals surface area (Å²) in [6, 6.07) is 26.2. The molecule has 1 unspecified atom stereocenters. The second-order valence-electron chi connectivity index (χ2n) is 6.81. The summed E-state index contributed by atoms with van der Waals surface area (Å²) in [7, 11) is 0. The number of nitriles is 1. The summed E-state index contributed by atoms with van der Waals surface area (Å²) in [4.78, 5) is 11.0. The number of esters is 1. The average Bonchev–Trinajstić information content (AvgIpc) is 2.73. The van der Waals surface area contributed by atoms with E-state index in [9.17, 15) is 4.79 Å². The van der Waals surface area contributed by atoms with E-state index in [4.69, 9.17) is 26.3 Å². The van der Waals surface area contributed by atoms with Crippen molar-refractivity contribution in [1.29, 1.82) is 5.26 Å². The first kappa shape index (κ1) is 23.0. The molecule has 0 radical (unpaired) electrons. The number of hydrogen-bond acceptors (Lipinski definition) is 4. The first-order chi connectivity index (χ1) is 14.4. The second kappa shape index (κ2) is 11.6. The highest BCUT2D eigenvalue weighted by Crippen LogP contribution is 2.25. The molecule has 3 rings (SSSR count). The molecular weight excluding hydrogens is 398 g/mol. The maximum Gasteiger partial charge on any atom is 0.304 e. The van der Waals surface area contributed by atoms with Crippen LogP contribution in [-0.2, 0) is 9.53 Å². The molecule has 0 saturated carbocycles. The van der Waals surface area contributed by atoms with E-state index in [1.807, 2.05) is 48.5 Å². The number of hydrogen-bond donors (Lipinski definition) is 0. The SMILES string of the molecule is CC(=O)OC(C#N)c1cccc(Oc2ccccc2)c1.CC(C)c1ccc(Cl)cc1. The molecule has 30 heavy (non-hydrogen) atoms. The van der Waals surface area contributed by atoms with Crippen molar-refractivity contribution in [2.75, 3.05) is 0 Å². The maximum atomic E-state index is 11.0. The fourth-order valence-corrected chi connectivity index (χ4v) is 2.67. The Morgan fingerprint density at radius 2 is 1.53 bits per heavy atom. The molecule has 0 aromatic heterocycles. The molecule has 0 aliphatic rings. The lowest BCUT2D eigenvalue weighted by Gasteiger charge is -2.11. The minimum atomic E-state index is -0.924. The Kier molecular flexibility index (Phi) is 8.93. The fraction of sp³-hybridized carbons (Fsp3) is 0.200. The first-order valence-corrected chi connectivity index (χ1v) is 9.92. The monoisotopic (exact) mass is 421 g/mol. The lowest BCUT2D eigenvalue weighted by molar-refractivity contribution is -0.144. The Balaban J connectivity index is 0.000000269. The van der Waals surface area contributed by atoms with Gasteiger partial charge in [-0.25, -0.2) is 0 Å². The van der Waals surface area contributed by atoms with E-state index >= 15 is 0 Å². The first-order valence-electron chi connectivity index (χ1n) is 9.54. The minimum absolute atomic E-state index is 0.495. The summed E-state index contributed by atoms with van der Waals surface area (Å²) < 4.78 is 10.6. The number of halogens is 1. The Morgan fingerprint density at radius 1 is 0.900 bits per heavy atom. The summed E-state index contributed by atoms with van der Waals surface area (Å²) in [5.41, 5.74) is 1.92. The molecular formula is C25H24ClNO3. The van der Waals surface area contributed by atoms with Crippen LogP contribution >= 0.6 is 11.6 Å². The number of rotatable bonds is 5. The van der Waals surface area contributed by atoms with Gasteiger partial charge in [0.15, 0.2) is 0 Å². The van der Waals surface area contributed by atoms with Crippen LogP contribution in [0.1, 0.15) is 43.9 Å². The average molecular weight is 422 g/mol. The van der Waals surface area contributed by atoms with Gasteiger partial charge in [-0.1, -0.05) is 67.9 Å². The fourth-order valence-electron chi connectivity index (χ4n) is 2.55. The zero-order valence-corrected chi connectivity index (χ0v) is 18.0. The number of benzene rings is 3. The molecule has 0 N–H and O–H groups in total. The van der Waals surface area contributed by atoms with E-state index in [1.54, 1.807) is 24.3 Å². The van der Waals surface area contributed by atoms with Crippen molar-refractivity contribution in [3.8, 4) is 17.6 Å². The third-order valence-corrected chi connectivity index (χ3v) is 4.33. The molecule has 4 nitrogen and oxygen atoms in total. The summed E-state index contributed by atoms with van der Waals surface area (Å²) in [5.74, 6) is 1.38. The molecule has 0 heterocycles. The molecule has 0 fully saturated rings. The number of ether oxygens (including phenoxy) is 2. The molecule has 154 valence electrons. The van der Waals surface area contributed by atoms with Crippen molar-refractivity contribution in [3.63, 3.8) is 0 Å². The van der Waals surface area contributed by atoms with Crippen molar-refractivity contribution in [2.24, 2.45) is 0 Å². The van der Waals surface area contributed by atoms with E-state index in [2.05, 4.69) is 26.0 Å². The lowest BCUT2D eigenvalue weighted by Crippen LogP contribution is -2.06. The number of para-hydroxylation sites is 1. The van der Waals surface area contributed by atoms with Crippen LogP contribution in [-0.4, -0.2) is 5.97 Å². The van der Waals surface area contributed by atoms with Crippen molar-refractivity contribution in [3.05, 3.63) is 95.0 Å². The van der Waals surface area contributed by atoms with Gasteiger partial charge in [0, 0.05) is 17.5 Å². The van der Waals surface area contributed by atoms with Gasteiger partial charge in [-0.15, -0.1) is 0 Å². The smallest absolute Gasteiger partial charge is 0.304 e. The number of nitrogens with zero attached hydrogens (tertiary/aromatic N) is 1. The van der Waals surface area contributed by atoms with E-state index in [0.717, 1.165) is 5.02 Å². The second-order valence-corrected chi connectivity index (χ2v) is 7.25. The van der Waals surface area contributed by atoms with Crippen LogP contribution in [0.2, 0.25) is 5.02 Å². The normalized spacial score (nSPS) is 10.9. The van der Waals surface area contributed by atoms with Crippen LogP contribution in [0.5, 0.6) is 11.5 Å². The summed E-state index contributed by atoms with van der Waals surface area (Å²) in [5, 5.41) is 9.85. The largest absolute Gasteiger partial charge is 0.457 e. The third kappa shape index (κ3) is 7.62. The highest BCUT2D eigenvalue weighted by atomic mass is 35.5. The van der Waals surface area contributed by atoms with Crippen molar-refractivity contribution < 1.29 is 14.3 Å². The van der Waals surface area contributed by atoms with Gasteiger partial charge in [0.2, 0.25) is 6.10 Å². The number of carbonyl (C=O) groups excluding carboxylic acids is 1. The number of carbonyl (C=O) groups is 1. The van der Waals surface area contributed by atoms with E-state index < -0.39 is 12.1 Å². The van der Waals surface area contributed by atoms with Gasteiger partial charge >= 0.3 is 5.97 Å². The molecule has 0 aliphatic carbocycles. The van der Waals surface area contributed by atoms with E-state index in [-0.39, 0.29) is 0 Å². The highest BCUT2D eigenvalue weighted by molar-refractivity contribution is 6.30. The summed E-state index contributed by atoms with van der Waals surface area (Å²) >= 11 is 5.72. The lowest BCUT2D eigenvalue weighted by atomic mass is 10.0. The molecule has 1 atom stereocenters. The van der Waals surface area contributed by atoms with E-state index in [1.165, 1.54) is 12.5 Å². The van der Waals surface area contributed by atoms with Crippen LogP contribution in [0.4, 0.5) is 0 Å². The van der Waals surface area contributed by atoms with Gasteiger partial charge in [-0.3, -0.25) is 4.79 Å². The molecule has 5 heteroatoms. The Labute approximate surface area is 182 Å². The van der Waals surface area contributed by atoms with Crippen molar-refractivity contribution >= 4 is 17.6 Å². The summed E-state index contributed by atoms with van der Waals surface area (Å²) in [6.45, 7) is 5.61. The van der Waals surface area contributed by atoms with Crippen LogP contribution in [0, 0.1) is 11.3 Å². The van der Waals surface area contributed by atoms with Gasteiger partial charge in [-0.05, 0) is 47.9 Å². The van der Waals surface area contributed by atoms with Crippen LogP contribution in [0.3, 0.4) is 0 Å². The summed E-state index contributed by atoms with van der Waals surface area (Å²) in [6.07, 6.45) is -0.924. The standard InChI is InChI=1S/C16H13NO3.C9H11Cl/c1-12(18)19-16(11-17)13-6-5-9-15(10-13)20-14-7-3-2-4-8-14;1-7(2)8-3-5-9(10)6-4-8/h2-10,16H,1H3;3-7H,1-2H3. The quantitative estimate of drug-likeness (QED) is 0.413. The maximum absolute atomic E-state index is 11.0. The van der Waals surface area contributed by atoms with Gasteiger partial charge in [-0.2, -0.15) is 5.26 Å². The van der Waals surface area contributed by atoms with Crippen molar-refractivity contribution in [1.82, 2.24) is 0 Å². The van der Waals surface area contributed by atoms with Crippen molar-refractivity contribution in [2.45, 2.75) is 32.8 Å². The Hall–Kier alpha value is -3.29. The third-order valence-electron chi connectivity index (χ3n) is 4.08. The molecule has 0 aliphatic heterocycles. The zero-order chi connectivity index (χ0) is 21.9. The molecule has 0 bridgehead atoms. The highest BCUT2D eigenvalue weighted by Gasteiger charge is 2.14. The van der Waals surface area contributed by atoms with Crippen LogP contribution in [0.25, 0.3) is 0 Å². The van der Waals surface area contributed by atoms with Gasteiger partial charge in [0.1, 0.15) is 17.6 Å². The Bertz CT molecular complexity index is 979. The molecule has 0 spiro atoms. The predicted molar refractivity (Wildman–Crippen MR) is 119 cm³/mol. The van der Waals surface area contributed by atoms with Crippen LogP contribution < -0.4 is 4.74 Å². The topological polar surface area (TPSA) is 59.3 Å². The minimum Gasteiger partial charge on any atom is -0.457 e. The van der Waals surface area contributed by atoms with Gasteiger partial charge < -0.3 is 9.47 Å². The zero-order valence-electron chi connectivity index (χ0n) is 17.2. The van der Waals surface area contributed by atoms with E-state index in [0.29, 0.717) is 23.0 Å².